The Labute approximate surface area is 70.4 Å². The molecule has 0 aromatic carbocycles. The second-order valence-electron chi connectivity index (χ2n) is 2.01. The SMILES string of the molecule is CC#CCOc1cccnc1F. The molecule has 62 valence electrons. The van der Waals surface area contributed by atoms with Crippen LogP contribution in [-0.4, -0.2) is 11.6 Å². The molecule has 0 spiro atoms. The monoisotopic (exact) mass is 165 g/mol. The van der Waals surface area contributed by atoms with Gasteiger partial charge in [0.25, 0.3) is 5.95 Å². The Kier molecular flexibility index (Phi) is 3.09. The lowest BCUT2D eigenvalue weighted by atomic mass is 10.4. The highest BCUT2D eigenvalue weighted by Crippen LogP contribution is 2.11. The van der Waals surface area contributed by atoms with Crippen molar-refractivity contribution in [3.05, 3.63) is 24.3 Å². The standard InChI is InChI=1S/C9H8FNO/c1-2-3-7-12-8-5-4-6-11-9(8)10/h4-6H,7H2,1H3. The van der Waals surface area contributed by atoms with Crippen molar-refractivity contribution in [2.75, 3.05) is 6.61 Å². The Morgan fingerprint density at radius 1 is 1.67 bits per heavy atom. The van der Waals surface area contributed by atoms with E-state index in [1.807, 2.05) is 0 Å². The zero-order valence-corrected chi connectivity index (χ0v) is 6.67. The molecule has 2 nitrogen and oxygen atoms in total. The van der Waals surface area contributed by atoms with Crippen LogP contribution in [-0.2, 0) is 0 Å². The van der Waals surface area contributed by atoms with E-state index in [0.29, 0.717) is 0 Å². The molecular weight excluding hydrogens is 157 g/mol. The van der Waals surface area contributed by atoms with Gasteiger partial charge < -0.3 is 4.74 Å². The van der Waals surface area contributed by atoms with Crippen LogP contribution < -0.4 is 4.74 Å². The molecule has 0 aliphatic carbocycles. The number of hydrogen-bond donors (Lipinski definition) is 0. The first-order valence-electron chi connectivity index (χ1n) is 3.47. The van der Waals surface area contributed by atoms with Crippen molar-refractivity contribution >= 4 is 0 Å². The maximum atomic E-state index is 12.7. The van der Waals surface area contributed by atoms with Crippen LogP contribution in [0.1, 0.15) is 6.92 Å². The van der Waals surface area contributed by atoms with E-state index in [0.717, 1.165) is 0 Å². The van der Waals surface area contributed by atoms with E-state index in [4.69, 9.17) is 4.74 Å². The number of halogens is 1. The summed E-state index contributed by atoms with van der Waals surface area (Å²) >= 11 is 0. The molecule has 0 aliphatic rings. The maximum absolute atomic E-state index is 12.7. The predicted molar refractivity (Wildman–Crippen MR) is 43.1 cm³/mol. The van der Waals surface area contributed by atoms with Gasteiger partial charge >= 0.3 is 0 Å². The zero-order valence-electron chi connectivity index (χ0n) is 6.67. The fraction of sp³-hybridized carbons (Fsp3) is 0.222. The van der Waals surface area contributed by atoms with E-state index in [1.165, 1.54) is 12.3 Å². The van der Waals surface area contributed by atoms with Crippen molar-refractivity contribution in [3.8, 4) is 17.6 Å². The fourth-order valence-electron chi connectivity index (χ4n) is 0.665. The van der Waals surface area contributed by atoms with Crippen molar-refractivity contribution in [2.24, 2.45) is 0 Å². The summed E-state index contributed by atoms with van der Waals surface area (Å²) in [6.07, 6.45) is 1.37. The molecule has 0 aliphatic heterocycles. The van der Waals surface area contributed by atoms with Crippen LogP contribution in [0, 0.1) is 17.8 Å². The summed E-state index contributed by atoms with van der Waals surface area (Å²) < 4.78 is 17.7. The molecule has 1 aromatic rings. The van der Waals surface area contributed by atoms with Gasteiger partial charge in [0.1, 0.15) is 6.61 Å². The Morgan fingerprint density at radius 2 is 2.50 bits per heavy atom. The third-order valence-electron chi connectivity index (χ3n) is 1.20. The quantitative estimate of drug-likeness (QED) is 0.490. The van der Waals surface area contributed by atoms with Crippen LogP contribution in [0.5, 0.6) is 5.75 Å². The van der Waals surface area contributed by atoms with Crippen molar-refractivity contribution in [1.82, 2.24) is 4.98 Å². The Morgan fingerprint density at radius 3 is 3.17 bits per heavy atom. The topological polar surface area (TPSA) is 22.1 Å². The Balaban J connectivity index is 2.61. The third-order valence-corrected chi connectivity index (χ3v) is 1.20. The van der Waals surface area contributed by atoms with Gasteiger partial charge in [-0.3, -0.25) is 0 Å². The van der Waals surface area contributed by atoms with Gasteiger partial charge in [-0.2, -0.15) is 4.39 Å². The minimum atomic E-state index is -0.601. The molecule has 1 heterocycles. The summed E-state index contributed by atoms with van der Waals surface area (Å²) in [5.41, 5.74) is 0. The normalized spacial score (nSPS) is 8.50. The average molecular weight is 165 g/mol. The molecular formula is C9H8FNO. The van der Waals surface area contributed by atoms with Gasteiger partial charge in [0.15, 0.2) is 5.75 Å². The van der Waals surface area contributed by atoms with Crippen LogP contribution in [0.15, 0.2) is 18.3 Å². The summed E-state index contributed by atoms with van der Waals surface area (Å²) in [6.45, 7) is 1.89. The number of nitrogens with zero attached hydrogens (tertiary/aromatic N) is 1. The predicted octanol–water partition coefficient (Wildman–Crippen LogP) is 1.62. The van der Waals surface area contributed by atoms with E-state index in [-0.39, 0.29) is 12.4 Å². The van der Waals surface area contributed by atoms with Gasteiger partial charge in [0, 0.05) is 6.20 Å². The molecule has 0 bridgehead atoms. The average Bonchev–Trinajstić information content (AvgIpc) is 2.09. The van der Waals surface area contributed by atoms with E-state index < -0.39 is 5.95 Å². The summed E-state index contributed by atoms with van der Waals surface area (Å²) in [4.78, 5) is 3.42. The lowest BCUT2D eigenvalue weighted by molar-refractivity contribution is 0.341. The number of ether oxygens (including phenoxy) is 1. The molecule has 0 radical (unpaired) electrons. The first-order chi connectivity index (χ1) is 5.84. The van der Waals surface area contributed by atoms with Crippen LogP contribution >= 0.6 is 0 Å². The minimum absolute atomic E-state index is 0.139. The Hall–Kier alpha value is -1.56. The molecule has 0 unspecified atom stereocenters. The van der Waals surface area contributed by atoms with Gasteiger partial charge in [0.05, 0.1) is 0 Å². The molecule has 0 atom stereocenters. The smallest absolute Gasteiger partial charge is 0.255 e. The molecule has 0 N–H and O–H groups in total. The number of aromatic nitrogens is 1. The van der Waals surface area contributed by atoms with Crippen LogP contribution in [0.3, 0.4) is 0 Å². The van der Waals surface area contributed by atoms with Gasteiger partial charge in [-0.15, -0.1) is 5.92 Å². The van der Waals surface area contributed by atoms with Crippen molar-refractivity contribution in [1.29, 1.82) is 0 Å². The van der Waals surface area contributed by atoms with Gasteiger partial charge in [-0.05, 0) is 19.1 Å². The lowest BCUT2D eigenvalue weighted by Gasteiger charge is -2.00. The lowest BCUT2D eigenvalue weighted by Crippen LogP contribution is -1.97. The van der Waals surface area contributed by atoms with E-state index in [9.17, 15) is 4.39 Å². The minimum Gasteiger partial charge on any atom is -0.476 e. The molecule has 0 amide bonds. The fourth-order valence-corrected chi connectivity index (χ4v) is 0.665. The third kappa shape index (κ3) is 2.24. The van der Waals surface area contributed by atoms with Gasteiger partial charge in [-0.1, -0.05) is 5.92 Å². The van der Waals surface area contributed by atoms with E-state index in [2.05, 4.69) is 16.8 Å². The highest BCUT2D eigenvalue weighted by atomic mass is 19.1. The zero-order chi connectivity index (χ0) is 8.81. The molecule has 3 heteroatoms. The molecule has 1 aromatic heterocycles. The highest BCUT2D eigenvalue weighted by Gasteiger charge is 2.00. The van der Waals surface area contributed by atoms with Crippen LogP contribution in [0.4, 0.5) is 4.39 Å². The Bertz CT molecular complexity index is 314. The second kappa shape index (κ2) is 4.35. The van der Waals surface area contributed by atoms with Gasteiger partial charge in [0.2, 0.25) is 0 Å². The summed E-state index contributed by atoms with van der Waals surface area (Å²) in [6, 6.07) is 3.12. The number of pyridine rings is 1. The number of rotatable bonds is 2. The second-order valence-corrected chi connectivity index (χ2v) is 2.01. The molecule has 0 fully saturated rings. The molecule has 0 saturated heterocycles. The number of hydrogen-bond acceptors (Lipinski definition) is 2. The van der Waals surface area contributed by atoms with Gasteiger partial charge in [-0.25, -0.2) is 4.98 Å². The maximum Gasteiger partial charge on any atom is 0.255 e. The summed E-state index contributed by atoms with van der Waals surface area (Å²) in [5, 5.41) is 0. The van der Waals surface area contributed by atoms with E-state index >= 15 is 0 Å². The first kappa shape index (κ1) is 8.54. The van der Waals surface area contributed by atoms with Crippen LogP contribution in [0.25, 0.3) is 0 Å². The van der Waals surface area contributed by atoms with E-state index in [1.54, 1.807) is 13.0 Å². The summed E-state index contributed by atoms with van der Waals surface area (Å²) in [5.74, 6) is 4.83. The van der Waals surface area contributed by atoms with Crippen molar-refractivity contribution < 1.29 is 9.13 Å². The largest absolute Gasteiger partial charge is 0.476 e. The molecule has 12 heavy (non-hydrogen) atoms. The molecule has 0 saturated carbocycles. The summed E-state index contributed by atoms with van der Waals surface area (Å²) in [7, 11) is 0. The first-order valence-corrected chi connectivity index (χ1v) is 3.47. The van der Waals surface area contributed by atoms with Crippen molar-refractivity contribution in [2.45, 2.75) is 6.92 Å². The van der Waals surface area contributed by atoms with Crippen LogP contribution in [0.2, 0.25) is 0 Å². The van der Waals surface area contributed by atoms with Crippen molar-refractivity contribution in [3.63, 3.8) is 0 Å². The highest BCUT2D eigenvalue weighted by molar-refractivity contribution is 5.18. The molecule has 1 rings (SSSR count).